The van der Waals surface area contributed by atoms with E-state index in [9.17, 15) is 0 Å². The first kappa shape index (κ1) is 32.0. The van der Waals surface area contributed by atoms with Gasteiger partial charge in [0.05, 0.1) is 0 Å². The van der Waals surface area contributed by atoms with Gasteiger partial charge in [-0.05, 0) is 6.42 Å². The van der Waals surface area contributed by atoms with Crippen LogP contribution in [0.4, 0.5) is 0 Å². The fourth-order valence-corrected chi connectivity index (χ4v) is 1.60. The first-order chi connectivity index (χ1) is 10.4. The Morgan fingerprint density at radius 3 is 0.952 bits per heavy atom. The second-order valence-corrected chi connectivity index (χ2v) is 3.91. The Morgan fingerprint density at radius 2 is 0.714 bits per heavy atom. The summed E-state index contributed by atoms with van der Waals surface area (Å²) in [4.78, 5) is 0. The summed E-state index contributed by atoms with van der Waals surface area (Å²) in [6, 6.07) is 0. The van der Waals surface area contributed by atoms with Crippen LogP contribution < -0.4 is 0 Å². The molecule has 0 atom stereocenters. The van der Waals surface area contributed by atoms with E-state index >= 15 is 0 Å². The Bertz CT molecular complexity index is 105. The van der Waals surface area contributed by atoms with E-state index in [0.717, 1.165) is 6.42 Å². The van der Waals surface area contributed by atoms with Gasteiger partial charge in [0.1, 0.15) is 0 Å². The maximum Gasteiger partial charge on any atom is 0.0431 e. The highest BCUT2D eigenvalue weighted by Gasteiger charge is 1.91. The molecular weight excluding hydrogens is 256 g/mol. The summed E-state index contributed by atoms with van der Waals surface area (Å²) in [5, 5.41) is 8.57. The predicted molar refractivity (Wildman–Crippen MR) is 104 cm³/mol. The molecule has 1 N–H and O–H groups in total. The van der Waals surface area contributed by atoms with Crippen molar-refractivity contribution in [3.8, 4) is 0 Å². The molecule has 0 bridgehead atoms. The zero-order valence-electron chi connectivity index (χ0n) is 14.9. The molecule has 0 aromatic heterocycles. The second kappa shape index (κ2) is 61.7. The molecule has 0 amide bonds. The maximum atomic E-state index is 8.57. The van der Waals surface area contributed by atoms with Crippen molar-refractivity contribution >= 4 is 0 Å². The number of rotatable bonds is 10. The Kier molecular flexibility index (Phi) is 94.2. The predicted octanol–water partition coefficient (Wildman–Crippen LogP) is 7.11. The van der Waals surface area contributed by atoms with Crippen molar-refractivity contribution in [1.29, 1.82) is 0 Å². The monoisotopic (exact) mass is 298 g/mol. The van der Waals surface area contributed by atoms with Crippen LogP contribution in [0, 0.1) is 0 Å². The number of aliphatic hydroxyl groups is 1. The van der Waals surface area contributed by atoms with Crippen LogP contribution in [0.15, 0.2) is 52.6 Å². The maximum absolute atomic E-state index is 8.57. The van der Waals surface area contributed by atoms with Gasteiger partial charge < -0.3 is 5.11 Å². The minimum absolute atomic E-state index is 0.372. The standard InChI is InChI=1S/C12H26O.4C2H4/c1-2-3-4-5-6-7-8-9-10-11-12-13;4*1-2/h13H,2-12H2,1H3;4*1-2H2. The summed E-state index contributed by atoms with van der Waals surface area (Å²) in [5.41, 5.74) is 0. The Labute approximate surface area is 136 Å². The molecule has 0 saturated carbocycles. The van der Waals surface area contributed by atoms with E-state index < -0.39 is 0 Å². The molecule has 0 rings (SSSR count). The lowest BCUT2D eigenvalue weighted by Gasteiger charge is -2.00. The first-order valence-corrected chi connectivity index (χ1v) is 8.02. The quantitative estimate of drug-likeness (QED) is 0.336. The summed E-state index contributed by atoms with van der Waals surface area (Å²) in [5.74, 6) is 0. The molecule has 0 heterocycles. The van der Waals surface area contributed by atoms with Crippen molar-refractivity contribution < 1.29 is 5.11 Å². The summed E-state index contributed by atoms with van der Waals surface area (Å²) < 4.78 is 0. The fraction of sp³-hybridized carbons (Fsp3) is 0.600. The lowest BCUT2D eigenvalue weighted by atomic mass is 10.1. The molecule has 21 heavy (non-hydrogen) atoms. The molecule has 0 aliphatic rings. The van der Waals surface area contributed by atoms with E-state index in [1.165, 1.54) is 57.8 Å². The summed E-state index contributed by atoms with van der Waals surface area (Å²) in [7, 11) is 0. The number of hydrogen-bond donors (Lipinski definition) is 1. The van der Waals surface area contributed by atoms with Gasteiger partial charge in [-0.2, -0.15) is 0 Å². The molecular formula is C20H42O. The molecule has 0 aliphatic carbocycles. The summed E-state index contributed by atoms with van der Waals surface area (Å²) >= 11 is 0. The van der Waals surface area contributed by atoms with Crippen LogP contribution >= 0.6 is 0 Å². The van der Waals surface area contributed by atoms with Gasteiger partial charge >= 0.3 is 0 Å². The topological polar surface area (TPSA) is 20.2 Å². The molecule has 0 fully saturated rings. The Hall–Kier alpha value is -1.08. The van der Waals surface area contributed by atoms with E-state index in [0.29, 0.717) is 6.61 Å². The molecule has 0 radical (unpaired) electrons. The number of aliphatic hydroxyl groups excluding tert-OH is 1. The van der Waals surface area contributed by atoms with Gasteiger partial charge in [-0.1, -0.05) is 64.7 Å². The third-order valence-corrected chi connectivity index (χ3v) is 2.51. The number of hydrogen-bond acceptors (Lipinski definition) is 1. The third kappa shape index (κ3) is 68.1. The molecule has 1 nitrogen and oxygen atoms in total. The van der Waals surface area contributed by atoms with Gasteiger partial charge in [-0.15, -0.1) is 52.6 Å². The Morgan fingerprint density at radius 1 is 0.476 bits per heavy atom. The van der Waals surface area contributed by atoms with Crippen molar-refractivity contribution in [1.82, 2.24) is 0 Å². The molecule has 0 aliphatic heterocycles. The van der Waals surface area contributed by atoms with Crippen LogP contribution in [0.5, 0.6) is 0 Å². The molecule has 0 spiro atoms. The zero-order chi connectivity index (χ0) is 17.8. The highest BCUT2D eigenvalue weighted by molar-refractivity contribution is 4.46. The minimum Gasteiger partial charge on any atom is -0.396 e. The molecule has 0 aromatic rings. The molecule has 1 heteroatoms. The van der Waals surface area contributed by atoms with Crippen molar-refractivity contribution in [2.45, 2.75) is 71.1 Å². The lowest BCUT2D eigenvalue weighted by Crippen LogP contribution is -1.84. The average Bonchev–Trinajstić information content (AvgIpc) is 2.61. The molecule has 0 unspecified atom stereocenters. The van der Waals surface area contributed by atoms with Gasteiger partial charge in [0.15, 0.2) is 0 Å². The van der Waals surface area contributed by atoms with Crippen molar-refractivity contribution in [2.24, 2.45) is 0 Å². The normalized spacial score (nSPS) is 7.33. The highest BCUT2D eigenvalue weighted by atomic mass is 16.2. The fourth-order valence-electron chi connectivity index (χ4n) is 1.60. The van der Waals surface area contributed by atoms with Gasteiger partial charge in [-0.25, -0.2) is 0 Å². The largest absolute Gasteiger partial charge is 0.396 e. The number of unbranched alkanes of at least 4 members (excludes halogenated alkanes) is 9. The lowest BCUT2D eigenvalue weighted by molar-refractivity contribution is 0.282. The average molecular weight is 299 g/mol. The van der Waals surface area contributed by atoms with Gasteiger partial charge in [0.2, 0.25) is 0 Å². The van der Waals surface area contributed by atoms with Crippen LogP contribution in [0.25, 0.3) is 0 Å². The van der Waals surface area contributed by atoms with Crippen molar-refractivity contribution in [3.05, 3.63) is 52.6 Å². The first-order valence-electron chi connectivity index (χ1n) is 8.02. The van der Waals surface area contributed by atoms with Crippen molar-refractivity contribution in [2.75, 3.05) is 6.61 Å². The summed E-state index contributed by atoms with van der Waals surface area (Å²) in [6.07, 6.45) is 13.3. The van der Waals surface area contributed by atoms with Gasteiger partial charge in [0.25, 0.3) is 0 Å². The van der Waals surface area contributed by atoms with Gasteiger partial charge in [-0.3, -0.25) is 0 Å². The minimum atomic E-state index is 0.372. The van der Waals surface area contributed by atoms with E-state index in [4.69, 9.17) is 5.11 Å². The highest BCUT2D eigenvalue weighted by Crippen LogP contribution is 2.09. The molecule has 0 aromatic carbocycles. The molecule has 128 valence electrons. The Balaban J connectivity index is -0.0000000912. The van der Waals surface area contributed by atoms with E-state index in [1.807, 2.05) is 0 Å². The third-order valence-electron chi connectivity index (χ3n) is 2.51. The van der Waals surface area contributed by atoms with E-state index in [1.54, 1.807) is 0 Å². The second-order valence-electron chi connectivity index (χ2n) is 3.91. The van der Waals surface area contributed by atoms with Crippen LogP contribution in [-0.4, -0.2) is 11.7 Å². The summed E-state index contributed by atoms with van der Waals surface area (Å²) in [6.45, 7) is 26.6. The SMILES string of the molecule is C=C.C=C.C=C.C=C.CCCCCCCCCCCCO. The smallest absolute Gasteiger partial charge is 0.0431 e. The van der Waals surface area contributed by atoms with Crippen LogP contribution in [0.2, 0.25) is 0 Å². The zero-order valence-corrected chi connectivity index (χ0v) is 14.9. The van der Waals surface area contributed by atoms with E-state index in [-0.39, 0.29) is 0 Å². The van der Waals surface area contributed by atoms with Gasteiger partial charge in [0, 0.05) is 6.61 Å². The van der Waals surface area contributed by atoms with Crippen LogP contribution in [-0.2, 0) is 0 Å². The van der Waals surface area contributed by atoms with Crippen LogP contribution in [0.3, 0.4) is 0 Å². The van der Waals surface area contributed by atoms with Crippen molar-refractivity contribution in [3.63, 3.8) is 0 Å². The van der Waals surface area contributed by atoms with Crippen LogP contribution in [0.1, 0.15) is 71.1 Å². The van der Waals surface area contributed by atoms with E-state index in [2.05, 4.69) is 59.6 Å². The molecule has 0 saturated heterocycles.